The summed E-state index contributed by atoms with van der Waals surface area (Å²) in [6.45, 7) is 6.58. The van der Waals surface area contributed by atoms with Gasteiger partial charge in [0.15, 0.2) is 11.6 Å². The lowest BCUT2D eigenvalue weighted by Gasteiger charge is -2.26. The molecule has 3 heterocycles. The van der Waals surface area contributed by atoms with Crippen LogP contribution < -0.4 is 20.9 Å². The van der Waals surface area contributed by atoms with Crippen molar-refractivity contribution in [1.29, 1.82) is 0 Å². The van der Waals surface area contributed by atoms with Gasteiger partial charge in [-0.2, -0.15) is 4.76 Å². The van der Waals surface area contributed by atoms with Gasteiger partial charge in [0.25, 0.3) is 5.56 Å². The number of anilines is 2. The Labute approximate surface area is 203 Å². The number of benzene rings is 1. The number of hydrogen-bond donors (Lipinski definition) is 3. The van der Waals surface area contributed by atoms with E-state index in [1.807, 2.05) is 0 Å². The molecule has 1 aliphatic heterocycles. The van der Waals surface area contributed by atoms with Gasteiger partial charge in [-0.1, -0.05) is 20.8 Å². The molecule has 1 aromatic carbocycles. The van der Waals surface area contributed by atoms with Crippen molar-refractivity contribution in [2.75, 3.05) is 23.4 Å². The van der Waals surface area contributed by atoms with E-state index in [0.29, 0.717) is 24.2 Å². The van der Waals surface area contributed by atoms with E-state index >= 15 is 0 Å². The molecule has 0 saturated carbocycles. The van der Waals surface area contributed by atoms with Crippen molar-refractivity contribution in [3.8, 4) is 5.75 Å². The first kappa shape index (κ1) is 25.0. The summed E-state index contributed by atoms with van der Waals surface area (Å²) in [7, 11) is -6.27. The molecule has 11 nitrogen and oxygen atoms in total. The molecule has 1 unspecified atom stereocenters. The third kappa shape index (κ3) is 4.86. The van der Waals surface area contributed by atoms with Crippen LogP contribution in [0.1, 0.15) is 32.8 Å². The van der Waals surface area contributed by atoms with Gasteiger partial charge in [-0.15, -0.1) is 0 Å². The molecule has 3 N–H and O–H groups in total. The van der Waals surface area contributed by atoms with E-state index in [2.05, 4.69) is 35.6 Å². The van der Waals surface area contributed by atoms with Crippen LogP contribution in [0.15, 0.2) is 46.1 Å². The summed E-state index contributed by atoms with van der Waals surface area (Å²) in [5.41, 5.74) is 0.207. The first-order chi connectivity index (χ1) is 16.2. The minimum atomic E-state index is -3.92. The maximum Gasteiger partial charge on any atom is 0.348 e. The molecule has 4 rings (SSSR count). The maximum atomic E-state index is 13.7. The largest absolute Gasteiger partial charge is 0.505 e. The van der Waals surface area contributed by atoms with Crippen LogP contribution in [0.5, 0.6) is 5.75 Å². The smallest absolute Gasteiger partial charge is 0.348 e. The zero-order chi connectivity index (χ0) is 25.8. The standard InChI is InChI=1S/C22H28N5O6PS/c1-22(2,3)10-12-27-21(29)18(19(28)16-7-6-11-26(16)27)20-23-15-9-8-14(25-35(5,31)32)13-17(15)34(30,24-20)33-4/h6-9,11,13,25,28H,10,12H2,1-5H3,(H,23,24,30). The van der Waals surface area contributed by atoms with Crippen LogP contribution in [-0.4, -0.2) is 41.9 Å². The SMILES string of the molecule is COP1(=O)N=C(c2c(O)c3cccn3n(CCC(C)(C)C)c2=O)Nc2ccc(NS(C)(=O)=O)cc21. The average molecular weight is 522 g/mol. The molecule has 1 aliphatic rings. The van der Waals surface area contributed by atoms with Crippen LogP contribution in [0, 0.1) is 5.41 Å². The Balaban J connectivity index is 1.88. The Kier molecular flexibility index (Phi) is 6.11. The molecule has 0 amide bonds. The van der Waals surface area contributed by atoms with Gasteiger partial charge < -0.3 is 14.9 Å². The number of sulfonamides is 1. The second kappa shape index (κ2) is 8.54. The van der Waals surface area contributed by atoms with E-state index in [-0.39, 0.29) is 33.6 Å². The molecule has 0 bridgehead atoms. The number of rotatable bonds is 6. The van der Waals surface area contributed by atoms with E-state index in [1.54, 1.807) is 22.8 Å². The molecule has 0 saturated heterocycles. The first-order valence-electron chi connectivity index (χ1n) is 10.8. The predicted molar refractivity (Wildman–Crippen MR) is 137 cm³/mol. The fraction of sp³-hybridized carbons (Fsp3) is 0.364. The molecule has 2 aromatic heterocycles. The monoisotopic (exact) mass is 521 g/mol. The molecular weight excluding hydrogens is 493 g/mol. The minimum absolute atomic E-state index is 0.0417. The van der Waals surface area contributed by atoms with Gasteiger partial charge >= 0.3 is 7.52 Å². The number of amidine groups is 1. The van der Waals surface area contributed by atoms with Crippen molar-refractivity contribution < 1.29 is 22.6 Å². The summed E-state index contributed by atoms with van der Waals surface area (Å²) in [5, 5.41) is 14.1. The average Bonchev–Trinajstić information content (AvgIpc) is 3.22. The van der Waals surface area contributed by atoms with Crippen LogP contribution in [0.4, 0.5) is 11.4 Å². The van der Waals surface area contributed by atoms with Gasteiger partial charge in [0.1, 0.15) is 11.1 Å². The first-order valence-corrected chi connectivity index (χ1v) is 14.3. The van der Waals surface area contributed by atoms with Gasteiger partial charge in [0.2, 0.25) is 10.0 Å². The number of hydrogen-bond acceptors (Lipinski definition) is 7. The summed E-state index contributed by atoms with van der Waals surface area (Å²) in [6, 6.07) is 7.74. The zero-order valence-electron chi connectivity index (χ0n) is 20.1. The third-order valence-electron chi connectivity index (χ3n) is 5.56. The summed E-state index contributed by atoms with van der Waals surface area (Å²) in [6.07, 6.45) is 3.38. The van der Waals surface area contributed by atoms with Gasteiger partial charge in [-0.3, -0.25) is 18.6 Å². The normalized spacial score (nSPS) is 18.1. The highest BCUT2D eigenvalue weighted by molar-refractivity contribution is 7.92. The van der Waals surface area contributed by atoms with E-state index in [0.717, 1.165) is 6.26 Å². The fourth-order valence-corrected chi connectivity index (χ4v) is 5.92. The Morgan fingerprint density at radius 3 is 2.60 bits per heavy atom. The lowest BCUT2D eigenvalue weighted by molar-refractivity contribution is 0.330. The van der Waals surface area contributed by atoms with Gasteiger partial charge in [0, 0.05) is 25.5 Å². The van der Waals surface area contributed by atoms with Crippen molar-refractivity contribution in [1.82, 2.24) is 9.20 Å². The molecule has 0 spiro atoms. The van der Waals surface area contributed by atoms with Gasteiger partial charge in [-0.05, 0) is 42.2 Å². The van der Waals surface area contributed by atoms with Gasteiger partial charge in [-0.25, -0.2) is 13.1 Å². The highest BCUT2D eigenvalue weighted by atomic mass is 32.2. The van der Waals surface area contributed by atoms with E-state index < -0.39 is 23.1 Å². The summed E-state index contributed by atoms with van der Waals surface area (Å²) in [4.78, 5) is 13.6. The van der Waals surface area contributed by atoms with Crippen molar-refractivity contribution in [2.24, 2.45) is 10.2 Å². The summed E-state index contributed by atoms with van der Waals surface area (Å²) >= 11 is 0. The van der Waals surface area contributed by atoms with E-state index in [1.165, 1.54) is 30.0 Å². The summed E-state index contributed by atoms with van der Waals surface area (Å²) < 4.78 is 51.8. The van der Waals surface area contributed by atoms with Crippen molar-refractivity contribution >= 4 is 45.6 Å². The Hall–Kier alpha value is -3.08. The molecule has 0 radical (unpaired) electrons. The van der Waals surface area contributed by atoms with Crippen LogP contribution in [0.2, 0.25) is 0 Å². The molecule has 13 heteroatoms. The van der Waals surface area contributed by atoms with Crippen molar-refractivity contribution in [3.63, 3.8) is 0 Å². The molecule has 1 atom stereocenters. The van der Waals surface area contributed by atoms with E-state index in [4.69, 9.17) is 4.52 Å². The Morgan fingerprint density at radius 2 is 1.97 bits per heavy atom. The molecular formula is C22H28N5O6PS. The number of aromatic nitrogens is 2. The Bertz CT molecular complexity index is 1570. The van der Waals surface area contributed by atoms with Crippen LogP contribution in [-0.2, 0) is 25.7 Å². The molecule has 0 fully saturated rings. The second-order valence-electron chi connectivity index (χ2n) is 9.58. The number of fused-ring (bicyclic) bond motifs is 2. The zero-order valence-corrected chi connectivity index (χ0v) is 21.8. The minimum Gasteiger partial charge on any atom is -0.505 e. The van der Waals surface area contributed by atoms with Crippen molar-refractivity contribution in [2.45, 2.75) is 33.7 Å². The predicted octanol–water partition coefficient (Wildman–Crippen LogP) is 2.95. The lowest BCUT2D eigenvalue weighted by atomic mass is 9.92. The number of nitrogens with one attached hydrogen (secondary N) is 2. The fourth-order valence-electron chi connectivity index (χ4n) is 3.83. The lowest BCUT2D eigenvalue weighted by Crippen LogP contribution is -2.36. The Morgan fingerprint density at radius 1 is 1.26 bits per heavy atom. The van der Waals surface area contributed by atoms with Gasteiger partial charge in [0.05, 0.1) is 17.2 Å². The maximum absolute atomic E-state index is 13.7. The quantitative estimate of drug-likeness (QED) is 0.423. The highest BCUT2D eigenvalue weighted by Crippen LogP contribution is 2.51. The summed E-state index contributed by atoms with van der Waals surface area (Å²) in [5.74, 6) is -0.401. The molecule has 35 heavy (non-hydrogen) atoms. The highest BCUT2D eigenvalue weighted by Gasteiger charge is 2.35. The molecule has 3 aromatic rings. The van der Waals surface area contributed by atoms with Crippen LogP contribution in [0.3, 0.4) is 0 Å². The van der Waals surface area contributed by atoms with Crippen LogP contribution in [0.25, 0.3) is 5.52 Å². The van der Waals surface area contributed by atoms with Crippen molar-refractivity contribution in [3.05, 3.63) is 52.4 Å². The number of aromatic hydroxyl groups is 1. The number of nitrogens with zero attached hydrogens (tertiary/aromatic N) is 3. The number of aryl methyl sites for hydroxylation is 1. The molecule has 0 aliphatic carbocycles. The van der Waals surface area contributed by atoms with E-state index in [9.17, 15) is 22.9 Å². The third-order valence-corrected chi connectivity index (χ3v) is 8.11. The van der Waals surface area contributed by atoms with Crippen LogP contribution >= 0.6 is 7.52 Å². The topological polar surface area (TPSA) is 143 Å². The molecule has 188 valence electrons. The second-order valence-corrected chi connectivity index (χ2v) is 13.4.